The molecule has 1 N–H and O–H groups in total. The second kappa shape index (κ2) is 4.68. The highest BCUT2D eigenvalue weighted by Crippen LogP contribution is 2.31. The Morgan fingerprint density at radius 1 is 1.53 bits per heavy atom. The number of hydrogen-bond donors (Lipinski definition) is 1. The van der Waals surface area contributed by atoms with Crippen molar-refractivity contribution in [2.45, 2.75) is 6.92 Å². The number of carboxylic acids is 1. The van der Waals surface area contributed by atoms with Crippen molar-refractivity contribution >= 4 is 28.9 Å². The van der Waals surface area contributed by atoms with Gasteiger partial charge in [-0.2, -0.15) is 4.98 Å². The van der Waals surface area contributed by atoms with E-state index in [0.29, 0.717) is 5.75 Å². The predicted octanol–water partition coefficient (Wildman–Crippen LogP) is 2.99. The fourth-order valence-electron chi connectivity index (χ4n) is 1.07. The molecule has 2 aromatic rings. The first-order chi connectivity index (χ1) is 8.06. The molecular formula is C10H7ClN2O3S. The van der Waals surface area contributed by atoms with Crippen molar-refractivity contribution in [2.24, 2.45) is 0 Å². The third kappa shape index (κ3) is 2.72. The summed E-state index contributed by atoms with van der Waals surface area (Å²) in [5, 5.41) is 8.91. The molecule has 17 heavy (non-hydrogen) atoms. The van der Waals surface area contributed by atoms with Crippen LogP contribution in [-0.4, -0.2) is 21.0 Å². The molecule has 0 aliphatic carbocycles. The summed E-state index contributed by atoms with van der Waals surface area (Å²) in [4.78, 5) is 18.6. The number of thiazole rings is 1. The smallest absolute Gasteiger partial charge is 0.349 e. The molecule has 0 spiro atoms. The first-order valence-corrected chi connectivity index (χ1v) is 5.76. The van der Waals surface area contributed by atoms with Crippen molar-refractivity contribution in [2.75, 3.05) is 0 Å². The maximum absolute atomic E-state index is 10.8. The Morgan fingerprint density at radius 3 is 2.82 bits per heavy atom. The monoisotopic (exact) mass is 270 g/mol. The molecule has 88 valence electrons. The molecule has 0 saturated carbocycles. The van der Waals surface area contributed by atoms with Crippen molar-refractivity contribution in [3.05, 3.63) is 34.1 Å². The maximum Gasteiger partial charge on any atom is 0.349 e. The van der Waals surface area contributed by atoms with E-state index in [1.54, 1.807) is 12.1 Å². The van der Waals surface area contributed by atoms with E-state index in [-0.39, 0.29) is 15.2 Å². The molecule has 2 aromatic heterocycles. The van der Waals surface area contributed by atoms with Gasteiger partial charge in [-0.3, -0.25) is 4.98 Å². The molecule has 0 bridgehead atoms. The number of hydrogen-bond acceptors (Lipinski definition) is 5. The Kier molecular flexibility index (Phi) is 3.26. The van der Waals surface area contributed by atoms with Gasteiger partial charge in [-0.25, -0.2) is 4.79 Å². The minimum Gasteiger partial charge on any atom is -0.477 e. The summed E-state index contributed by atoms with van der Waals surface area (Å²) >= 11 is 6.53. The molecule has 0 aliphatic heterocycles. The van der Waals surface area contributed by atoms with Gasteiger partial charge in [-0.1, -0.05) is 22.9 Å². The third-order valence-electron chi connectivity index (χ3n) is 1.85. The van der Waals surface area contributed by atoms with Gasteiger partial charge in [0.1, 0.15) is 5.75 Å². The van der Waals surface area contributed by atoms with Crippen LogP contribution in [0.1, 0.15) is 15.4 Å². The number of nitrogens with zero attached hydrogens (tertiary/aromatic N) is 2. The molecule has 0 aromatic carbocycles. The Hall–Kier alpha value is -1.66. The number of carboxylic acid groups (broad SMARTS) is 1. The van der Waals surface area contributed by atoms with Crippen LogP contribution in [0.25, 0.3) is 0 Å². The van der Waals surface area contributed by atoms with E-state index < -0.39 is 5.97 Å². The second-order valence-electron chi connectivity index (χ2n) is 3.14. The molecule has 0 radical (unpaired) electrons. The lowest BCUT2D eigenvalue weighted by Crippen LogP contribution is -1.91. The highest BCUT2D eigenvalue weighted by atomic mass is 35.5. The summed E-state index contributed by atoms with van der Waals surface area (Å²) in [6.07, 6.45) is 1.53. The molecule has 7 heteroatoms. The van der Waals surface area contributed by atoms with Gasteiger partial charge in [-0.05, 0) is 19.1 Å². The fourth-order valence-corrected chi connectivity index (χ4v) is 2.06. The van der Waals surface area contributed by atoms with Crippen LogP contribution in [-0.2, 0) is 0 Å². The Labute approximate surface area is 106 Å². The van der Waals surface area contributed by atoms with Crippen LogP contribution in [0, 0.1) is 6.92 Å². The lowest BCUT2D eigenvalue weighted by atomic mass is 10.4. The largest absolute Gasteiger partial charge is 0.477 e. The SMILES string of the molecule is Cc1ccc(Oc2nc(Cl)c(C(=O)O)s2)cn1. The number of pyridine rings is 1. The Morgan fingerprint density at radius 2 is 2.29 bits per heavy atom. The van der Waals surface area contributed by atoms with Gasteiger partial charge in [0.05, 0.1) is 6.20 Å². The van der Waals surface area contributed by atoms with Gasteiger partial charge in [0.25, 0.3) is 5.19 Å². The average molecular weight is 271 g/mol. The first kappa shape index (κ1) is 11.8. The first-order valence-electron chi connectivity index (χ1n) is 4.56. The molecule has 0 amide bonds. The standard InChI is InChI=1S/C10H7ClN2O3S/c1-5-2-3-6(4-12-5)16-10-13-8(11)7(17-10)9(14)15/h2-4H,1H3,(H,14,15). The topological polar surface area (TPSA) is 72.3 Å². The highest BCUT2D eigenvalue weighted by molar-refractivity contribution is 7.15. The zero-order valence-corrected chi connectivity index (χ0v) is 10.2. The number of halogens is 1. The number of aromatic nitrogens is 2. The van der Waals surface area contributed by atoms with Crippen LogP contribution in [0.15, 0.2) is 18.3 Å². The van der Waals surface area contributed by atoms with Gasteiger partial charge in [0.2, 0.25) is 0 Å². The van der Waals surface area contributed by atoms with Crippen LogP contribution in [0.5, 0.6) is 10.9 Å². The normalized spacial score (nSPS) is 10.2. The number of aryl methyl sites for hydroxylation is 1. The molecule has 0 fully saturated rings. The Balaban J connectivity index is 2.22. The van der Waals surface area contributed by atoms with Crippen LogP contribution < -0.4 is 4.74 Å². The molecular weight excluding hydrogens is 264 g/mol. The molecule has 0 saturated heterocycles. The summed E-state index contributed by atoms with van der Waals surface area (Å²) in [5.41, 5.74) is 0.862. The summed E-state index contributed by atoms with van der Waals surface area (Å²) in [5.74, 6) is -0.637. The van der Waals surface area contributed by atoms with Crippen LogP contribution in [0.2, 0.25) is 5.15 Å². The van der Waals surface area contributed by atoms with Gasteiger partial charge < -0.3 is 9.84 Å². The Bertz CT molecular complexity index is 553. The van der Waals surface area contributed by atoms with Crippen molar-refractivity contribution in [1.82, 2.24) is 9.97 Å². The van der Waals surface area contributed by atoms with Gasteiger partial charge in [0.15, 0.2) is 10.0 Å². The summed E-state index contributed by atoms with van der Waals surface area (Å²) < 4.78 is 5.34. The van der Waals surface area contributed by atoms with Crippen LogP contribution in [0.3, 0.4) is 0 Å². The zero-order valence-electron chi connectivity index (χ0n) is 8.68. The van der Waals surface area contributed by atoms with Crippen LogP contribution in [0.4, 0.5) is 0 Å². The molecule has 2 heterocycles. The summed E-state index contributed by atoms with van der Waals surface area (Å²) in [7, 11) is 0. The fraction of sp³-hybridized carbons (Fsp3) is 0.100. The van der Waals surface area contributed by atoms with Gasteiger partial charge >= 0.3 is 5.97 Å². The summed E-state index contributed by atoms with van der Waals surface area (Å²) in [6.45, 7) is 1.85. The van der Waals surface area contributed by atoms with E-state index in [4.69, 9.17) is 21.4 Å². The van der Waals surface area contributed by atoms with Crippen molar-refractivity contribution in [3.63, 3.8) is 0 Å². The molecule has 2 rings (SSSR count). The second-order valence-corrected chi connectivity index (χ2v) is 4.46. The minimum atomic E-state index is -1.12. The van der Waals surface area contributed by atoms with E-state index >= 15 is 0 Å². The van der Waals surface area contributed by atoms with Gasteiger partial charge in [-0.15, -0.1) is 0 Å². The number of carbonyl (C=O) groups is 1. The average Bonchev–Trinajstić information content (AvgIpc) is 2.63. The van der Waals surface area contributed by atoms with E-state index in [0.717, 1.165) is 17.0 Å². The van der Waals surface area contributed by atoms with E-state index in [9.17, 15) is 4.79 Å². The highest BCUT2D eigenvalue weighted by Gasteiger charge is 2.16. The number of ether oxygens (including phenoxy) is 1. The van der Waals surface area contributed by atoms with Crippen molar-refractivity contribution in [3.8, 4) is 10.9 Å². The zero-order chi connectivity index (χ0) is 12.4. The van der Waals surface area contributed by atoms with E-state index in [1.165, 1.54) is 6.20 Å². The number of aromatic carboxylic acids is 1. The minimum absolute atomic E-state index is 0.0401. The predicted molar refractivity (Wildman–Crippen MR) is 63.1 cm³/mol. The molecule has 0 unspecified atom stereocenters. The third-order valence-corrected chi connectivity index (χ3v) is 3.16. The lowest BCUT2D eigenvalue weighted by Gasteiger charge is -2.00. The summed E-state index contributed by atoms with van der Waals surface area (Å²) in [6, 6.07) is 3.50. The van der Waals surface area contributed by atoms with E-state index in [1.807, 2.05) is 6.92 Å². The quantitative estimate of drug-likeness (QED) is 0.928. The molecule has 0 aliphatic rings. The van der Waals surface area contributed by atoms with Crippen molar-refractivity contribution in [1.29, 1.82) is 0 Å². The van der Waals surface area contributed by atoms with Crippen molar-refractivity contribution < 1.29 is 14.6 Å². The lowest BCUT2D eigenvalue weighted by molar-refractivity contribution is 0.0702. The number of rotatable bonds is 3. The van der Waals surface area contributed by atoms with Crippen LogP contribution >= 0.6 is 22.9 Å². The molecule has 5 nitrogen and oxygen atoms in total. The maximum atomic E-state index is 10.8. The van der Waals surface area contributed by atoms with Gasteiger partial charge in [0, 0.05) is 5.69 Å². The molecule has 0 atom stereocenters. The van der Waals surface area contributed by atoms with E-state index in [2.05, 4.69) is 9.97 Å².